The average molecular weight is 480 g/mol. The van der Waals surface area contributed by atoms with Crippen molar-refractivity contribution in [3.63, 3.8) is 0 Å². The quantitative estimate of drug-likeness (QED) is 0.553. The van der Waals surface area contributed by atoms with Crippen LogP contribution in [0.1, 0.15) is 71.3 Å². The highest BCUT2D eigenvalue weighted by Crippen LogP contribution is 2.66. The Morgan fingerprint density at radius 2 is 1.97 bits per heavy atom. The summed E-state index contributed by atoms with van der Waals surface area (Å²) in [4.78, 5) is 27.9. The molecule has 1 heterocycles. The number of halogens is 1. The van der Waals surface area contributed by atoms with Gasteiger partial charge in [-0.15, -0.1) is 0 Å². The molecule has 5 rings (SSSR count). The van der Waals surface area contributed by atoms with Gasteiger partial charge < -0.3 is 10.2 Å². The number of likely N-dealkylation sites (tertiary alicyclic amines) is 1. The predicted octanol–water partition coefficient (Wildman–Crippen LogP) is 6.15. The van der Waals surface area contributed by atoms with Gasteiger partial charge in [-0.25, -0.2) is 0 Å². The Balaban J connectivity index is 1.42. The summed E-state index contributed by atoms with van der Waals surface area (Å²) in [6.07, 6.45) is 6.67. The molecule has 1 aliphatic heterocycles. The van der Waals surface area contributed by atoms with E-state index >= 15 is 0 Å². The van der Waals surface area contributed by atoms with E-state index in [4.69, 9.17) is 11.6 Å². The van der Waals surface area contributed by atoms with Gasteiger partial charge in [-0.05, 0) is 86.8 Å². The van der Waals surface area contributed by atoms with Crippen LogP contribution in [-0.2, 0) is 9.59 Å². The number of allylic oxidation sites excluding steroid dienone is 2. The van der Waals surface area contributed by atoms with E-state index in [2.05, 4.69) is 32.2 Å². The summed E-state index contributed by atoms with van der Waals surface area (Å²) in [6.45, 7) is 6.93. The fraction of sp³-hybridized carbons (Fsp3) is 0.607. The van der Waals surface area contributed by atoms with Crippen molar-refractivity contribution in [1.82, 2.24) is 4.90 Å². The number of nitrogens with one attached hydrogen (secondary N) is 1. The molecule has 0 aromatic heterocycles. The number of nitrogens with zero attached hydrogens (tertiary/aromatic N) is 2. The Bertz CT molecular complexity index is 1140. The molecular weight excluding hydrogens is 446 g/mol. The van der Waals surface area contributed by atoms with Crippen molar-refractivity contribution in [2.24, 2.45) is 34.5 Å². The number of fused-ring (bicyclic) bond motifs is 5. The van der Waals surface area contributed by atoms with E-state index in [9.17, 15) is 14.9 Å². The van der Waals surface area contributed by atoms with Crippen molar-refractivity contribution in [3.05, 3.63) is 40.1 Å². The fourth-order valence-corrected chi connectivity index (χ4v) is 8.65. The minimum atomic E-state index is -0.0604. The number of amides is 2. The van der Waals surface area contributed by atoms with Gasteiger partial charge in [0.15, 0.2) is 0 Å². The molecule has 3 aliphatic carbocycles. The van der Waals surface area contributed by atoms with E-state index in [1.807, 2.05) is 11.9 Å². The number of nitriles is 1. The zero-order chi connectivity index (χ0) is 24.4. The minimum absolute atomic E-state index is 0.0280. The molecule has 0 unspecified atom stereocenters. The molecule has 0 radical (unpaired) electrons. The van der Waals surface area contributed by atoms with Crippen LogP contribution in [-0.4, -0.2) is 23.8 Å². The molecule has 0 bridgehead atoms. The number of hydrogen-bond acceptors (Lipinski definition) is 3. The first kappa shape index (κ1) is 23.4. The molecule has 1 aromatic rings. The van der Waals surface area contributed by atoms with Crippen LogP contribution in [0, 0.1) is 45.8 Å². The van der Waals surface area contributed by atoms with Crippen LogP contribution in [0.25, 0.3) is 0 Å². The number of anilines is 1. The number of rotatable bonds is 2. The molecule has 4 aliphatic rings. The average Bonchev–Trinajstić information content (AvgIpc) is 3.15. The van der Waals surface area contributed by atoms with Crippen LogP contribution in [0.3, 0.4) is 0 Å². The summed E-state index contributed by atoms with van der Waals surface area (Å²) >= 11 is 6.04. The van der Waals surface area contributed by atoms with Gasteiger partial charge in [0.1, 0.15) is 6.07 Å². The van der Waals surface area contributed by atoms with Gasteiger partial charge in [0.25, 0.3) is 0 Å². The van der Waals surface area contributed by atoms with Crippen molar-refractivity contribution < 1.29 is 9.59 Å². The Morgan fingerprint density at radius 1 is 1.21 bits per heavy atom. The second-order valence-electron chi connectivity index (χ2n) is 11.5. The predicted molar refractivity (Wildman–Crippen MR) is 133 cm³/mol. The molecule has 3 fully saturated rings. The summed E-state index contributed by atoms with van der Waals surface area (Å²) in [6, 6.07) is 7.18. The fourth-order valence-electron chi connectivity index (χ4n) is 8.48. The topological polar surface area (TPSA) is 73.2 Å². The van der Waals surface area contributed by atoms with Crippen molar-refractivity contribution in [3.8, 4) is 6.07 Å². The molecule has 0 spiro atoms. The lowest BCUT2D eigenvalue weighted by atomic mass is 9.48. The number of hydrogen-bond donors (Lipinski definition) is 1. The maximum absolute atomic E-state index is 13.5. The molecular formula is C28H34ClN3O2. The van der Waals surface area contributed by atoms with Crippen LogP contribution < -0.4 is 5.32 Å². The Kier molecular flexibility index (Phi) is 5.60. The normalized spacial score (nSPS) is 36.9. The first-order valence-corrected chi connectivity index (χ1v) is 12.9. The molecule has 180 valence electrons. The van der Waals surface area contributed by atoms with E-state index in [1.165, 1.54) is 11.3 Å². The second kappa shape index (κ2) is 8.12. The molecule has 2 amide bonds. The van der Waals surface area contributed by atoms with E-state index < -0.39 is 0 Å². The van der Waals surface area contributed by atoms with E-state index in [0.29, 0.717) is 40.4 Å². The van der Waals surface area contributed by atoms with Crippen LogP contribution in [0.4, 0.5) is 5.69 Å². The number of piperidine rings is 1. The van der Waals surface area contributed by atoms with Gasteiger partial charge in [0.2, 0.25) is 11.8 Å². The van der Waals surface area contributed by atoms with E-state index in [0.717, 1.165) is 38.5 Å². The maximum atomic E-state index is 13.5. The first-order chi connectivity index (χ1) is 16.1. The highest BCUT2D eigenvalue weighted by Gasteiger charge is 2.61. The standard InChI is InChI=1S/C28H34ClN3O2/c1-16-13-19-20-6-7-22(26(34)31-23-8-5-18(29)14-17(23)15-30)27(20,2)11-9-21(19)28(3)12-10-24(33)32(4)25(16)28/h5,8,14,19-22H,6-7,9-13H2,1-4H3,(H,31,34)/t19-,20-,21-,22+,27-,28+/m0/s1. The molecule has 34 heavy (non-hydrogen) atoms. The zero-order valence-electron chi connectivity index (χ0n) is 20.6. The molecule has 6 heteroatoms. The SMILES string of the molecule is CC1=C2N(C)C(=O)CC[C@]2(C)[C@H]2CC[C@]3(C)[C@@H](C(=O)Nc4ccc(Cl)cc4C#N)CC[C@H]3[C@@H]2C1. The maximum Gasteiger partial charge on any atom is 0.228 e. The largest absolute Gasteiger partial charge is 0.325 e. The van der Waals surface area contributed by atoms with Gasteiger partial charge in [-0.1, -0.05) is 31.0 Å². The van der Waals surface area contributed by atoms with E-state index in [1.54, 1.807) is 18.2 Å². The van der Waals surface area contributed by atoms with Crippen LogP contribution in [0.5, 0.6) is 0 Å². The molecule has 6 atom stereocenters. The molecule has 1 aromatic carbocycles. The third-order valence-electron chi connectivity index (χ3n) is 9.99. The minimum Gasteiger partial charge on any atom is -0.325 e. The second-order valence-corrected chi connectivity index (χ2v) is 12.0. The van der Waals surface area contributed by atoms with Crippen molar-refractivity contribution in [2.45, 2.75) is 65.7 Å². The third kappa shape index (κ3) is 3.33. The monoisotopic (exact) mass is 479 g/mol. The smallest absolute Gasteiger partial charge is 0.228 e. The summed E-state index contributed by atoms with van der Waals surface area (Å²) in [7, 11) is 1.95. The highest BCUT2D eigenvalue weighted by atomic mass is 35.5. The first-order valence-electron chi connectivity index (χ1n) is 12.6. The van der Waals surface area contributed by atoms with E-state index in [-0.39, 0.29) is 28.6 Å². The van der Waals surface area contributed by atoms with Crippen LogP contribution >= 0.6 is 11.6 Å². The van der Waals surface area contributed by atoms with Crippen molar-refractivity contribution >= 4 is 29.1 Å². The van der Waals surface area contributed by atoms with Gasteiger partial charge >= 0.3 is 0 Å². The molecule has 1 N–H and O–H groups in total. The van der Waals surface area contributed by atoms with Crippen molar-refractivity contribution in [2.75, 3.05) is 12.4 Å². The number of carbonyl (C=O) groups excluding carboxylic acids is 2. The lowest BCUT2D eigenvalue weighted by Gasteiger charge is -2.59. The Morgan fingerprint density at radius 3 is 2.71 bits per heavy atom. The van der Waals surface area contributed by atoms with Gasteiger partial charge in [0.05, 0.1) is 11.3 Å². The Labute approximate surface area is 207 Å². The lowest BCUT2D eigenvalue weighted by molar-refractivity contribution is -0.137. The Hall–Kier alpha value is -2.32. The molecule has 2 saturated carbocycles. The molecule has 5 nitrogen and oxygen atoms in total. The van der Waals surface area contributed by atoms with Gasteiger partial charge in [0, 0.05) is 35.5 Å². The highest BCUT2D eigenvalue weighted by molar-refractivity contribution is 6.30. The molecule has 1 saturated heterocycles. The third-order valence-corrected chi connectivity index (χ3v) is 10.2. The lowest BCUT2D eigenvalue weighted by Crippen LogP contribution is -2.54. The summed E-state index contributed by atoms with van der Waals surface area (Å²) in [5.41, 5.74) is 3.57. The number of carbonyl (C=O) groups is 2. The zero-order valence-corrected chi connectivity index (χ0v) is 21.3. The summed E-state index contributed by atoms with van der Waals surface area (Å²) in [5.74, 6) is 1.82. The summed E-state index contributed by atoms with van der Waals surface area (Å²) in [5, 5.41) is 13.0. The van der Waals surface area contributed by atoms with Gasteiger partial charge in [-0.2, -0.15) is 5.26 Å². The van der Waals surface area contributed by atoms with Gasteiger partial charge in [-0.3, -0.25) is 9.59 Å². The summed E-state index contributed by atoms with van der Waals surface area (Å²) < 4.78 is 0. The number of benzene rings is 1. The van der Waals surface area contributed by atoms with Crippen LogP contribution in [0.15, 0.2) is 29.5 Å². The van der Waals surface area contributed by atoms with Crippen molar-refractivity contribution in [1.29, 1.82) is 5.26 Å². The van der Waals surface area contributed by atoms with Crippen LogP contribution in [0.2, 0.25) is 5.02 Å².